The van der Waals surface area contributed by atoms with Crippen LogP contribution >= 0.6 is 0 Å². The molecule has 3 aromatic heterocycles. The van der Waals surface area contributed by atoms with Crippen LogP contribution in [0.1, 0.15) is 0 Å². The Morgan fingerprint density at radius 3 is 2.45 bits per heavy atom. The van der Waals surface area contributed by atoms with Gasteiger partial charge in [0, 0.05) is 27.2 Å². The van der Waals surface area contributed by atoms with E-state index in [1.54, 1.807) is 0 Å². The standard InChI is InChI=1S/C25H14N2O2/c1-3-7-19-16(5-1)24-20(27(19)15-9-11-22-18(13-15)26-14-28-22)10-12-23-25(24)17-6-2-4-8-21(17)29-23/h1-14H. The van der Waals surface area contributed by atoms with Crippen LogP contribution in [-0.4, -0.2) is 9.55 Å². The predicted octanol–water partition coefficient (Wildman–Crippen LogP) is 6.82. The molecule has 136 valence electrons. The highest BCUT2D eigenvalue weighted by Crippen LogP contribution is 2.41. The van der Waals surface area contributed by atoms with E-state index in [9.17, 15) is 0 Å². The summed E-state index contributed by atoms with van der Waals surface area (Å²) >= 11 is 0. The summed E-state index contributed by atoms with van der Waals surface area (Å²) in [6, 6.07) is 27.1. The van der Waals surface area contributed by atoms with E-state index in [0.29, 0.717) is 0 Å². The fourth-order valence-corrected chi connectivity index (χ4v) is 4.54. The van der Waals surface area contributed by atoms with Crippen molar-refractivity contribution in [3.8, 4) is 5.69 Å². The molecule has 0 fully saturated rings. The predicted molar refractivity (Wildman–Crippen MR) is 116 cm³/mol. The van der Waals surface area contributed by atoms with Gasteiger partial charge in [0.05, 0.1) is 11.0 Å². The van der Waals surface area contributed by atoms with Crippen molar-refractivity contribution >= 4 is 54.8 Å². The Balaban J connectivity index is 1.72. The summed E-state index contributed by atoms with van der Waals surface area (Å²) in [4.78, 5) is 4.34. The molecule has 0 atom stereocenters. The largest absolute Gasteiger partial charge is 0.456 e. The molecule has 7 aromatic rings. The smallest absolute Gasteiger partial charge is 0.181 e. The maximum atomic E-state index is 6.14. The molecule has 7 rings (SSSR count). The minimum absolute atomic E-state index is 0.790. The number of aromatic nitrogens is 2. The third kappa shape index (κ3) is 1.90. The van der Waals surface area contributed by atoms with Crippen molar-refractivity contribution in [1.82, 2.24) is 9.55 Å². The lowest BCUT2D eigenvalue weighted by Gasteiger charge is -2.07. The third-order valence-electron chi connectivity index (χ3n) is 5.75. The van der Waals surface area contributed by atoms with Gasteiger partial charge in [-0.05, 0) is 42.5 Å². The van der Waals surface area contributed by atoms with Crippen molar-refractivity contribution in [1.29, 1.82) is 0 Å². The SMILES string of the molecule is c1ccc2c(c1)oc1ccc3c(c4ccccc4n3-c3ccc4ocnc4c3)c12. The van der Waals surface area contributed by atoms with Crippen LogP contribution in [0, 0.1) is 0 Å². The number of para-hydroxylation sites is 2. The van der Waals surface area contributed by atoms with E-state index in [1.165, 1.54) is 17.2 Å². The zero-order chi connectivity index (χ0) is 18.9. The fourth-order valence-electron chi connectivity index (χ4n) is 4.54. The van der Waals surface area contributed by atoms with Gasteiger partial charge in [-0.15, -0.1) is 0 Å². The molecule has 0 aliphatic carbocycles. The van der Waals surface area contributed by atoms with Crippen molar-refractivity contribution in [2.24, 2.45) is 0 Å². The molecule has 0 N–H and O–H groups in total. The monoisotopic (exact) mass is 374 g/mol. The maximum absolute atomic E-state index is 6.14. The maximum Gasteiger partial charge on any atom is 0.181 e. The molecule has 0 saturated heterocycles. The van der Waals surface area contributed by atoms with Gasteiger partial charge in [0.15, 0.2) is 12.0 Å². The van der Waals surface area contributed by atoms with Gasteiger partial charge < -0.3 is 13.4 Å². The molecule has 4 nitrogen and oxygen atoms in total. The summed E-state index contributed by atoms with van der Waals surface area (Å²) in [5.41, 5.74) is 6.83. The molecule has 29 heavy (non-hydrogen) atoms. The molecule has 0 unspecified atom stereocenters. The Labute approximate surface area is 164 Å². The highest BCUT2D eigenvalue weighted by Gasteiger charge is 2.18. The van der Waals surface area contributed by atoms with Crippen LogP contribution in [0.5, 0.6) is 0 Å². The quantitative estimate of drug-likeness (QED) is 0.316. The molecule has 4 heteroatoms. The first kappa shape index (κ1) is 14.9. The molecule has 4 aromatic carbocycles. The molecule has 0 bridgehead atoms. The Morgan fingerprint density at radius 1 is 0.655 bits per heavy atom. The zero-order valence-electron chi connectivity index (χ0n) is 15.3. The van der Waals surface area contributed by atoms with Crippen molar-refractivity contribution in [3.05, 3.63) is 85.3 Å². The van der Waals surface area contributed by atoms with Crippen LogP contribution in [0.2, 0.25) is 0 Å². The molecule has 0 aliphatic rings. The first-order valence-corrected chi connectivity index (χ1v) is 9.55. The lowest BCUT2D eigenvalue weighted by molar-refractivity contribution is 0.602. The summed E-state index contributed by atoms with van der Waals surface area (Å²) in [6.07, 6.45) is 1.49. The number of benzene rings is 4. The number of oxazole rings is 1. The zero-order valence-corrected chi connectivity index (χ0v) is 15.3. The topological polar surface area (TPSA) is 44.1 Å². The lowest BCUT2D eigenvalue weighted by Crippen LogP contribution is -1.93. The van der Waals surface area contributed by atoms with Crippen molar-refractivity contribution in [2.45, 2.75) is 0 Å². The summed E-state index contributed by atoms with van der Waals surface area (Å²) in [5.74, 6) is 0. The molecular weight excluding hydrogens is 360 g/mol. The van der Waals surface area contributed by atoms with E-state index in [1.807, 2.05) is 18.2 Å². The van der Waals surface area contributed by atoms with Crippen molar-refractivity contribution in [2.75, 3.05) is 0 Å². The molecule has 0 aliphatic heterocycles. The second kappa shape index (κ2) is 5.26. The fraction of sp³-hybridized carbons (Fsp3) is 0. The summed E-state index contributed by atoms with van der Waals surface area (Å²) < 4.78 is 13.9. The van der Waals surface area contributed by atoms with Crippen molar-refractivity contribution in [3.63, 3.8) is 0 Å². The van der Waals surface area contributed by atoms with Gasteiger partial charge in [-0.3, -0.25) is 0 Å². The van der Waals surface area contributed by atoms with Crippen LogP contribution in [0.3, 0.4) is 0 Å². The average molecular weight is 374 g/mol. The molecule has 3 heterocycles. The highest BCUT2D eigenvalue weighted by atomic mass is 16.3. The van der Waals surface area contributed by atoms with Gasteiger partial charge >= 0.3 is 0 Å². The van der Waals surface area contributed by atoms with Crippen LogP contribution in [-0.2, 0) is 0 Å². The summed E-state index contributed by atoms with van der Waals surface area (Å²) in [5, 5.41) is 4.72. The third-order valence-corrected chi connectivity index (χ3v) is 5.75. The molecule has 0 saturated carbocycles. The number of hydrogen-bond donors (Lipinski definition) is 0. The Bertz CT molecular complexity index is 1720. The second-order valence-electron chi connectivity index (χ2n) is 7.29. The van der Waals surface area contributed by atoms with Crippen LogP contribution in [0.4, 0.5) is 0 Å². The lowest BCUT2D eigenvalue weighted by atomic mass is 10.1. The normalized spacial score (nSPS) is 12.1. The number of furan rings is 1. The number of hydrogen-bond acceptors (Lipinski definition) is 3. The van der Waals surface area contributed by atoms with Crippen LogP contribution in [0.25, 0.3) is 60.5 Å². The Kier molecular flexibility index (Phi) is 2.71. The minimum Gasteiger partial charge on any atom is -0.456 e. The van der Waals surface area contributed by atoms with Gasteiger partial charge in [0.2, 0.25) is 0 Å². The Morgan fingerprint density at radius 2 is 1.48 bits per heavy atom. The second-order valence-corrected chi connectivity index (χ2v) is 7.29. The van der Waals surface area contributed by atoms with Gasteiger partial charge in [0.1, 0.15) is 16.7 Å². The summed E-state index contributed by atoms with van der Waals surface area (Å²) in [7, 11) is 0. The van der Waals surface area contributed by atoms with Crippen LogP contribution < -0.4 is 0 Å². The summed E-state index contributed by atoms with van der Waals surface area (Å²) in [6.45, 7) is 0. The van der Waals surface area contributed by atoms with Crippen molar-refractivity contribution < 1.29 is 8.83 Å². The average Bonchev–Trinajstić information content (AvgIpc) is 3.45. The van der Waals surface area contributed by atoms with E-state index in [0.717, 1.165) is 49.8 Å². The van der Waals surface area contributed by atoms with E-state index in [-0.39, 0.29) is 0 Å². The van der Waals surface area contributed by atoms with Gasteiger partial charge in [-0.2, -0.15) is 0 Å². The highest BCUT2D eigenvalue weighted by molar-refractivity contribution is 6.27. The van der Waals surface area contributed by atoms with E-state index in [2.05, 4.69) is 70.2 Å². The molecule has 0 spiro atoms. The number of nitrogens with zero attached hydrogens (tertiary/aromatic N) is 2. The minimum atomic E-state index is 0.790. The first-order chi connectivity index (χ1) is 14.4. The van der Waals surface area contributed by atoms with Gasteiger partial charge in [-0.1, -0.05) is 36.4 Å². The molecular formula is C25H14N2O2. The Hall–Kier alpha value is -4.05. The van der Waals surface area contributed by atoms with Crippen LogP contribution in [0.15, 0.2) is 94.1 Å². The van der Waals surface area contributed by atoms with Gasteiger partial charge in [-0.25, -0.2) is 4.98 Å². The molecule has 0 amide bonds. The van der Waals surface area contributed by atoms with E-state index < -0.39 is 0 Å². The number of fused-ring (bicyclic) bond motifs is 8. The van der Waals surface area contributed by atoms with Gasteiger partial charge in [0.25, 0.3) is 0 Å². The van der Waals surface area contributed by atoms with E-state index >= 15 is 0 Å². The van der Waals surface area contributed by atoms with E-state index in [4.69, 9.17) is 8.83 Å². The molecule has 0 radical (unpaired) electrons. The first-order valence-electron chi connectivity index (χ1n) is 9.55. The number of rotatable bonds is 1.